The van der Waals surface area contributed by atoms with Gasteiger partial charge in [-0.25, -0.2) is 0 Å². The molecule has 0 saturated heterocycles. The molecule has 6 nitrogen and oxygen atoms in total. The zero-order valence-corrected chi connectivity index (χ0v) is 11.9. The molecule has 1 aromatic heterocycles. The molecular weight excluding hydrogens is 246 g/mol. The Balaban J connectivity index is 2.21. The first kappa shape index (κ1) is 15.6. The van der Waals surface area contributed by atoms with Crippen LogP contribution in [0.2, 0.25) is 0 Å². The van der Waals surface area contributed by atoms with Gasteiger partial charge in [-0.1, -0.05) is 19.0 Å². The Morgan fingerprint density at radius 3 is 2.63 bits per heavy atom. The molecule has 0 atom stereocenters. The maximum Gasteiger partial charge on any atom is 0.226 e. The fourth-order valence-electron chi connectivity index (χ4n) is 1.69. The van der Waals surface area contributed by atoms with Gasteiger partial charge in [0.2, 0.25) is 11.8 Å². The number of aryl methyl sites for hydroxylation is 2. The lowest BCUT2D eigenvalue weighted by Crippen LogP contribution is -2.41. The summed E-state index contributed by atoms with van der Waals surface area (Å²) in [4.78, 5) is 15.7. The number of hydrogen-bond acceptors (Lipinski definition) is 5. The Hall–Kier alpha value is -1.43. The van der Waals surface area contributed by atoms with Crippen LogP contribution >= 0.6 is 0 Å². The van der Waals surface area contributed by atoms with Gasteiger partial charge in [-0.15, -0.1) is 0 Å². The number of carbonyl (C=O) groups excluding carboxylic acids is 1. The molecule has 1 rings (SSSR count). The quantitative estimate of drug-likeness (QED) is 0.744. The van der Waals surface area contributed by atoms with E-state index in [9.17, 15) is 9.90 Å². The third-order valence-electron chi connectivity index (χ3n) is 3.29. The van der Waals surface area contributed by atoms with Crippen molar-refractivity contribution in [3.8, 4) is 0 Å². The van der Waals surface area contributed by atoms with Gasteiger partial charge < -0.3 is 14.9 Å². The van der Waals surface area contributed by atoms with Crippen molar-refractivity contribution in [2.75, 3.05) is 6.54 Å². The van der Waals surface area contributed by atoms with Crippen LogP contribution in [-0.4, -0.2) is 33.3 Å². The molecule has 1 heterocycles. The molecule has 2 N–H and O–H groups in total. The number of rotatable bonds is 8. The van der Waals surface area contributed by atoms with E-state index in [1.165, 1.54) is 0 Å². The van der Waals surface area contributed by atoms with Gasteiger partial charge in [0, 0.05) is 19.4 Å². The van der Waals surface area contributed by atoms with Crippen molar-refractivity contribution in [1.29, 1.82) is 0 Å². The second kappa shape index (κ2) is 7.23. The lowest BCUT2D eigenvalue weighted by molar-refractivity contribution is -0.122. The molecule has 0 fully saturated rings. The fraction of sp³-hybridized carbons (Fsp3) is 0.769. The SMILES string of the molecule is CCC(O)(CC)CNC(=O)CCCc1nc(C)no1. The topological polar surface area (TPSA) is 88.2 Å². The minimum absolute atomic E-state index is 0.0587. The van der Waals surface area contributed by atoms with Crippen LogP contribution in [0.15, 0.2) is 4.52 Å². The van der Waals surface area contributed by atoms with Gasteiger partial charge in [0.25, 0.3) is 0 Å². The molecule has 0 unspecified atom stereocenters. The minimum Gasteiger partial charge on any atom is -0.388 e. The highest BCUT2D eigenvalue weighted by Crippen LogP contribution is 2.13. The molecule has 0 saturated carbocycles. The summed E-state index contributed by atoms with van der Waals surface area (Å²) >= 11 is 0. The summed E-state index contributed by atoms with van der Waals surface area (Å²) in [5, 5.41) is 16.5. The van der Waals surface area contributed by atoms with E-state index in [0.717, 1.165) is 0 Å². The van der Waals surface area contributed by atoms with Crippen molar-refractivity contribution >= 4 is 5.91 Å². The first-order valence-corrected chi connectivity index (χ1v) is 6.77. The second-order valence-corrected chi connectivity index (χ2v) is 4.80. The van der Waals surface area contributed by atoms with Crippen LogP contribution < -0.4 is 5.32 Å². The molecule has 108 valence electrons. The summed E-state index contributed by atoms with van der Waals surface area (Å²) in [6.45, 7) is 5.88. The van der Waals surface area contributed by atoms with Crippen LogP contribution in [0, 0.1) is 6.92 Å². The number of aliphatic hydroxyl groups is 1. The zero-order valence-electron chi connectivity index (χ0n) is 11.9. The van der Waals surface area contributed by atoms with Crippen molar-refractivity contribution in [3.05, 3.63) is 11.7 Å². The van der Waals surface area contributed by atoms with Crippen molar-refractivity contribution in [2.24, 2.45) is 0 Å². The molecule has 6 heteroatoms. The molecule has 0 bridgehead atoms. The molecular formula is C13H23N3O3. The monoisotopic (exact) mass is 269 g/mol. The van der Waals surface area contributed by atoms with Gasteiger partial charge in [-0.2, -0.15) is 4.98 Å². The molecule has 0 aliphatic rings. The minimum atomic E-state index is -0.792. The van der Waals surface area contributed by atoms with E-state index in [0.29, 0.717) is 50.4 Å². The Bertz CT molecular complexity index is 400. The number of aromatic nitrogens is 2. The van der Waals surface area contributed by atoms with Crippen LogP contribution in [0.5, 0.6) is 0 Å². The standard InChI is InChI=1S/C13H23N3O3/c1-4-13(18,5-2)9-14-11(17)7-6-8-12-15-10(3)16-19-12/h18H,4-9H2,1-3H3,(H,14,17). The number of nitrogens with one attached hydrogen (secondary N) is 1. The lowest BCUT2D eigenvalue weighted by atomic mass is 9.97. The summed E-state index contributed by atoms with van der Waals surface area (Å²) in [6.07, 6.45) is 2.91. The van der Waals surface area contributed by atoms with E-state index in [4.69, 9.17) is 4.52 Å². The molecule has 1 aromatic rings. The van der Waals surface area contributed by atoms with Crippen molar-refractivity contribution in [1.82, 2.24) is 15.5 Å². The molecule has 1 amide bonds. The average molecular weight is 269 g/mol. The molecule has 0 aliphatic carbocycles. The van der Waals surface area contributed by atoms with E-state index >= 15 is 0 Å². The van der Waals surface area contributed by atoms with Crippen molar-refractivity contribution < 1.29 is 14.4 Å². The maximum absolute atomic E-state index is 11.6. The first-order chi connectivity index (χ1) is 8.99. The Kier molecular flexibility index (Phi) is 5.95. The fourth-order valence-corrected chi connectivity index (χ4v) is 1.69. The smallest absolute Gasteiger partial charge is 0.226 e. The summed E-state index contributed by atoms with van der Waals surface area (Å²) in [7, 11) is 0. The summed E-state index contributed by atoms with van der Waals surface area (Å²) in [6, 6.07) is 0. The normalized spacial score (nSPS) is 11.6. The van der Waals surface area contributed by atoms with Crippen LogP contribution in [0.4, 0.5) is 0 Å². The Labute approximate surface area is 113 Å². The number of nitrogens with zero attached hydrogens (tertiary/aromatic N) is 2. The first-order valence-electron chi connectivity index (χ1n) is 6.77. The van der Waals surface area contributed by atoms with Gasteiger partial charge in [0.05, 0.1) is 5.60 Å². The van der Waals surface area contributed by atoms with Crippen molar-refractivity contribution in [3.63, 3.8) is 0 Å². The highest BCUT2D eigenvalue weighted by molar-refractivity contribution is 5.75. The third-order valence-corrected chi connectivity index (χ3v) is 3.29. The largest absolute Gasteiger partial charge is 0.388 e. The molecule has 0 aliphatic heterocycles. The molecule has 0 aromatic carbocycles. The zero-order chi connectivity index (χ0) is 14.3. The van der Waals surface area contributed by atoms with E-state index in [2.05, 4.69) is 15.5 Å². The van der Waals surface area contributed by atoms with Crippen LogP contribution in [0.3, 0.4) is 0 Å². The number of amides is 1. The Morgan fingerprint density at radius 1 is 1.42 bits per heavy atom. The molecule has 0 radical (unpaired) electrons. The van der Waals surface area contributed by atoms with Crippen LogP contribution in [0.1, 0.15) is 51.2 Å². The van der Waals surface area contributed by atoms with E-state index < -0.39 is 5.60 Å². The third kappa shape index (κ3) is 5.38. The van der Waals surface area contributed by atoms with Gasteiger partial charge in [0.15, 0.2) is 5.82 Å². The predicted molar refractivity (Wildman–Crippen MR) is 70.5 cm³/mol. The van der Waals surface area contributed by atoms with Gasteiger partial charge in [-0.05, 0) is 26.2 Å². The maximum atomic E-state index is 11.6. The van der Waals surface area contributed by atoms with Crippen LogP contribution in [0.25, 0.3) is 0 Å². The average Bonchev–Trinajstić information content (AvgIpc) is 2.82. The predicted octanol–water partition coefficient (Wildman–Crippen LogP) is 1.37. The van der Waals surface area contributed by atoms with E-state index in [1.54, 1.807) is 6.92 Å². The highest BCUT2D eigenvalue weighted by atomic mass is 16.5. The summed E-state index contributed by atoms with van der Waals surface area (Å²) < 4.78 is 4.96. The highest BCUT2D eigenvalue weighted by Gasteiger charge is 2.22. The van der Waals surface area contributed by atoms with Gasteiger partial charge in [0.1, 0.15) is 0 Å². The van der Waals surface area contributed by atoms with E-state index in [1.807, 2.05) is 13.8 Å². The lowest BCUT2D eigenvalue weighted by Gasteiger charge is -2.25. The summed E-state index contributed by atoms with van der Waals surface area (Å²) in [5.41, 5.74) is -0.792. The van der Waals surface area contributed by atoms with Crippen LogP contribution in [-0.2, 0) is 11.2 Å². The number of carbonyl (C=O) groups is 1. The van der Waals surface area contributed by atoms with E-state index in [-0.39, 0.29) is 5.91 Å². The van der Waals surface area contributed by atoms with Gasteiger partial charge >= 0.3 is 0 Å². The van der Waals surface area contributed by atoms with Crippen molar-refractivity contribution in [2.45, 2.75) is 58.5 Å². The van der Waals surface area contributed by atoms with Gasteiger partial charge in [-0.3, -0.25) is 4.79 Å². The number of hydrogen-bond donors (Lipinski definition) is 2. The second-order valence-electron chi connectivity index (χ2n) is 4.80. The molecule has 19 heavy (non-hydrogen) atoms. The summed E-state index contributed by atoms with van der Waals surface area (Å²) in [5.74, 6) is 1.11. The molecule has 0 spiro atoms. The Morgan fingerprint density at radius 2 is 2.11 bits per heavy atom.